The van der Waals surface area contributed by atoms with Crippen molar-refractivity contribution in [2.75, 3.05) is 57.3 Å². The molecule has 2 aromatic carbocycles. The molecule has 1 unspecified atom stereocenters. The molecule has 0 aromatic heterocycles. The van der Waals surface area contributed by atoms with Crippen molar-refractivity contribution in [1.29, 1.82) is 10.5 Å². The van der Waals surface area contributed by atoms with Gasteiger partial charge in [-0.2, -0.15) is 10.5 Å². The van der Waals surface area contributed by atoms with Gasteiger partial charge in [0.1, 0.15) is 12.1 Å². The van der Waals surface area contributed by atoms with Crippen molar-refractivity contribution in [1.82, 2.24) is 14.7 Å². The number of benzene rings is 2. The van der Waals surface area contributed by atoms with Crippen molar-refractivity contribution in [2.24, 2.45) is 0 Å². The zero-order valence-electron chi connectivity index (χ0n) is 23.9. The van der Waals surface area contributed by atoms with Crippen LogP contribution in [0.15, 0.2) is 73.0 Å². The van der Waals surface area contributed by atoms with E-state index in [1.165, 1.54) is 11.1 Å². The van der Waals surface area contributed by atoms with Crippen LogP contribution in [0.4, 0.5) is 5.69 Å². The third-order valence-electron chi connectivity index (χ3n) is 8.15. The van der Waals surface area contributed by atoms with Crippen LogP contribution in [0.25, 0.3) is 0 Å². The number of amides is 1. The zero-order chi connectivity index (χ0) is 28.8. The Morgan fingerprint density at radius 1 is 0.950 bits per heavy atom. The number of nitriles is 2. The smallest absolute Gasteiger partial charge is 0.254 e. The molecule has 0 aliphatic carbocycles. The Kier molecular flexibility index (Phi) is 9.09. The zero-order valence-corrected chi connectivity index (χ0v) is 23.9. The highest BCUT2D eigenvalue weighted by Crippen LogP contribution is 2.29. The molecule has 2 heterocycles. The number of piperazine rings is 2. The second kappa shape index (κ2) is 12.7. The monoisotopic (exact) mass is 534 g/mol. The van der Waals surface area contributed by atoms with Crippen LogP contribution in [0.5, 0.6) is 0 Å². The standard InChI is InChI=1S/C33H38N6O/c1-6-9-31(26(4)22-34)37-14-12-36(13-15-37)27(5)29-21-30(25(3)20-24(29)2)33(40)39-18-16-38(17-19-39)32-11-8-7-10-28(32)23-35/h6-11,20-21,27H,1,4,12-19H2,2-3,5H3/b31-9+. The summed E-state index contributed by atoms with van der Waals surface area (Å²) in [6, 6.07) is 16.5. The van der Waals surface area contributed by atoms with Crippen molar-refractivity contribution in [3.63, 3.8) is 0 Å². The second-order valence-electron chi connectivity index (χ2n) is 10.5. The summed E-state index contributed by atoms with van der Waals surface area (Å²) in [7, 11) is 0. The van der Waals surface area contributed by atoms with Crippen molar-refractivity contribution < 1.29 is 4.79 Å². The summed E-state index contributed by atoms with van der Waals surface area (Å²) in [6.07, 6.45) is 3.56. The summed E-state index contributed by atoms with van der Waals surface area (Å²) in [5, 5.41) is 18.8. The first-order chi connectivity index (χ1) is 19.3. The van der Waals surface area contributed by atoms with Crippen molar-refractivity contribution >= 4 is 11.6 Å². The van der Waals surface area contributed by atoms with Gasteiger partial charge in [0.15, 0.2) is 0 Å². The molecular formula is C33H38N6O. The molecule has 2 aliphatic rings. The Hall–Kier alpha value is -4.33. The molecule has 0 N–H and O–H groups in total. The van der Waals surface area contributed by atoms with Crippen LogP contribution in [-0.4, -0.2) is 73.0 Å². The van der Waals surface area contributed by atoms with E-state index in [1.807, 2.05) is 42.2 Å². The highest BCUT2D eigenvalue weighted by molar-refractivity contribution is 5.96. The first-order valence-corrected chi connectivity index (χ1v) is 13.8. The first kappa shape index (κ1) is 28.7. The van der Waals surface area contributed by atoms with Gasteiger partial charge in [0.05, 0.1) is 22.5 Å². The van der Waals surface area contributed by atoms with E-state index in [4.69, 9.17) is 0 Å². The minimum atomic E-state index is 0.0678. The maximum atomic E-state index is 13.7. The Bertz CT molecular complexity index is 1390. The van der Waals surface area contributed by atoms with Crippen LogP contribution >= 0.6 is 0 Å². The number of para-hydroxylation sites is 1. The fraction of sp³-hybridized carbons (Fsp3) is 0.364. The van der Waals surface area contributed by atoms with Crippen LogP contribution in [0.1, 0.15) is 45.6 Å². The third kappa shape index (κ3) is 5.96. The van der Waals surface area contributed by atoms with Gasteiger partial charge in [0.2, 0.25) is 0 Å². The number of aryl methyl sites for hydroxylation is 2. The summed E-state index contributed by atoms with van der Waals surface area (Å²) in [5.41, 5.74) is 7.00. The summed E-state index contributed by atoms with van der Waals surface area (Å²) >= 11 is 0. The molecule has 7 nitrogen and oxygen atoms in total. The predicted octanol–water partition coefficient (Wildman–Crippen LogP) is 4.97. The molecule has 2 aliphatic heterocycles. The largest absolute Gasteiger partial charge is 0.368 e. The fourth-order valence-corrected chi connectivity index (χ4v) is 5.83. The van der Waals surface area contributed by atoms with E-state index >= 15 is 0 Å². The number of carbonyl (C=O) groups is 1. The fourth-order valence-electron chi connectivity index (χ4n) is 5.83. The lowest BCUT2D eigenvalue weighted by molar-refractivity contribution is 0.0745. The average molecular weight is 535 g/mol. The maximum Gasteiger partial charge on any atom is 0.254 e. The number of nitrogens with zero attached hydrogens (tertiary/aromatic N) is 6. The lowest BCUT2D eigenvalue weighted by Gasteiger charge is -2.40. The molecule has 1 amide bonds. The molecule has 1 atom stereocenters. The van der Waals surface area contributed by atoms with Gasteiger partial charge < -0.3 is 14.7 Å². The molecule has 2 aromatic rings. The van der Waals surface area contributed by atoms with Gasteiger partial charge in [-0.1, -0.05) is 37.4 Å². The van der Waals surface area contributed by atoms with E-state index in [9.17, 15) is 15.3 Å². The number of hydrogen-bond acceptors (Lipinski definition) is 6. The van der Waals surface area contributed by atoms with Gasteiger partial charge in [-0.3, -0.25) is 9.69 Å². The molecule has 0 radical (unpaired) electrons. The average Bonchev–Trinajstić information content (AvgIpc) is 2.99. The lowest BCUT2D eigenvalue weighted by Crippen LogP contribution is -2.49. The van der Waals surface area contributed by atoms with Crippen molar-refractivity contribution in [3.8, 4) is 12.1 Å². The van der Waals surface area contributed by atoms with Gasteiger partial charge in [-0.15, -0.1) is 0 Å². The van der Waals surface area contributed by atoms with Gasteiger partial charge >= 0.3 is 0 Å². The van der Waals surface area contributed by atoms with Gasteiger partial charge in [-0.25, -0.2) is 0 Å². The molecule has 40 heavy (non-hydrogen) atoms. The molecule has 0 saturated carbocycles. The van der Waals surface area contributed by atoms with E-state index in [2.05, 4.69) is 66.0 Å². The van der Waals surface area contributed by atoms with E-state index < -0.39 is 0 Å². The van der Waals surface area contributed by atoms with Crippen LogP contribution < -0.4 is 4.90 Å². The van der Waals surface area contributed by atoms with Gasteiger partial charge in [0, 0.05) is 64.0 Å². The lowest BCUT2D eigenvalue weighted by atomic mass is 9.94. The molecule has 2 saturated heterocycles. The first-order valence-electron chi connectivity index (χ1n) is 13.8. The SMILES string of the molecule is C=C/C=C(\C(=C)C#N)N1CCN(C(C)c2cc(C(=O)N3CCN(c4ccccc4C#N)CC3)c(C)cc2C)CC1. The van der Waals surface area contributed by atoms with Crippen LogP contribution in [0.2, 0.25) is 0 Å². The molecule has 0 spiro atoms. The molecule has 2 fully saturated rings. The van der Waals surface area contributed by atoms with Gasteiger partial charge in [0.25, 0.3) is 5.91 Å². The number of anilines is 1. The van der Waals surface area contributed by atoms with Gasteiger partial charge in [-0.05, 0) is 61.7 Å². The minimum Gasteiger partial charge on any atom is -0.368 e. The second-order valence-corrected chi connectivity index (χ2v) is 10.5. The Morgan fingerprint density at radius 2 is 1.60 bits per heavy atom. The van der Waals surface area contributed by atoms with Crippen LogP contribution in [0.3, 0.4) is 0 Å². The highest BCUT2D eigenvalue weighted by atomic mass is 16.2. The number of allylic oxidation sites excluding steroid dienone is 3. The molecule has 4 rings (SSSR count). The maximum absolute atomic E-state index is 13.7. The van der Waals surface area contributed by atoms with Crippen molar-refractivity contribution in [3.05, 3.63) is 101 Å². The third-order valence-corrected chi connectivity index (χ3v) is 8.15. The topological polar surface area (TPSA) is 77.6 Å². The van der Waals surface area contributed by atoms with E-state index in [0.717, 1.165) is 48.7 Å². The molecule has 7 heteroatoms. The van der Waals surface area contributed by atoms with E-state index in [1.54, 1.807) is 6.08 Å². The number of hydrogen-bond donors (Lipinski definition) is 0. The molecule has 0 bridgehead atoms. The normalized spacial score (nSPS) is 17.1. The summed E-state index contributed by atoms with van der Waals surface area (Å²) in [4.78, 5) is 22.5. The van der Waals surface area contributed by atoms with Crippen LogP contribution in [-0.2, 0) is 0 Å². The minimum absolute atomic E-state index is 0.0678. The number of carbonyl (C=O) groups excluding carboxylic acids is 1. The Labute approximate surface area is 238 Å². The number of rotatable bonds is 7. The summed E-state index contributed by atoms with van der Waals surface area (Å²) in [5.74, 6) is 0.0678. The Morgan fingerprint density at radius 3 is 2.23 bits per heavy atom. The van der Waals surface area contributed by atoms with Crippen LogP contribution in [0, 0.1) is 36.5 Å². The van der Waals surface area contributed by atoms with E-state index in [0.29, 0.717) is 37.3 Å². The van der Waals surface area contributed by atoms with E-state index in [-0.39, 0.29) is 11.9 Å². The molecular weight excluding hydrogens is 496 g/mol. The van der Waals surface area contributed by atoms with Crippen molar-refractivity contribution in [2.45, 2.75) is 26.8 Å². The molecule has 206 valence electrons. The quantitative estimate of drug-likeness (QED) is 0.369. The summed E-state index contributed by atoms with van der Waals surface area (Å²) < 4.78 is 0. The highest BCUT2D eigenvalue weighted by Gasteiger charge is 2.28. The predicted molar refractivity (Wildman–Crippen MR) is 160 cm³/mol. The Balaban J connectivity index is 1.45. The summed E-state index contributed by atoms with van der Waals surface area (Å²) in [6.45, 7) is 19.9.